The second-order valence-corrected chi connectivity index (χ2v) is 10.3. The minimum Gasteiger partial charge on any atom is -0.383 e. The third kappa shape index (κ3) is 9.48. The molecule has 0 atom stereocenters. The molecule has 0 spiro atoms. The summed E-state index contributed by atoms with van der Waals surface area (Å²) in [4.78, 5) is 27.5. The number of nitrogens with zero attached hydrogens (tertiary/aromatic N) is 3. The highest BCUT2D eigenvalue weighted by molar-refractivity contribution is 5.94. The first-order valence-corrected chi connectivity index (χ1v) is 12.9. The van der Waals surface area contributed by atoms with Crippen LogP contribution >= 0.6 is 0 Å². The van der Waals surface area contributed by atoms with Crippen molar-refractivity contribution in [2.24, 2.45) is 0 Å². The largest absolute Gasteiger partial charge is 0.383 e. The molecule has 0 aliphatic rings. The van der Waals surface area contributed by atoms with Gasteiger partial charge in [0, 0.05) is 31.6 Å². The molecular formula is C28H44N4O3. The summed E-state index contributed by atoms with van der Waals surface area (Å²) in [5.74, 6) is 0.347. The van der Waals surface area contributed by atoms with Crippen LogP contribution in [0.2, 0.25) is 0 Å². The van der Waals surface area contributed by atoms with Gasteiger partial charge in [-0.1, -0.05) is 77.5 Å². The molecule has 0 saturated carbocycles. The molecule has 2 rings (SSSR count). The fourth-order valence-corrected chi connectivity index (χ4v) is 3.78. The number of anilines is 1. The van der Waals surface area contributed by atoms with E-state index in [0.29, 0.717) is 25.4 Å². The van der Waals surface area contributed by atoms with Gasteiger partial charge in [-0.15, -0.1) is 0 Å². The predicted octanol–water partition coefficient (Wildman–Crippen LogP) is 5.64. The number of methoxy groups -OCH3 is 1. The van der Waals surface area contributed by atoms with Gasteiger partial charge < -0.3 is 15.0 Å². The van der Waals surface area contributed by atoms with Gasteiger partial charge in [0.05, 0.1) is 24.5 Å². The Kier molecular flexibility index (Phi) is 11.4. The predicted molar refractivity (Wildman–Crippen MR) is 142 cm³/mol. The van der Waals surface area contributed by atoms with Crippen molar-refractivity contribution in [3.8, 4) is 5.69 Å². The number of benzene rings is 1. The Bertz CT molecular complexity index is 929. The number of carbonyl (C=O) groups excluding carboxylic acids is 2. The lowest BCUT2D eigenvalue weighted by atomic mass is 9.92. The fraction of sp³-hybridized carbons (Fsp3) is 0.607. The molecule has 2 amide bonds. The first-order chi connectivity index (χ1) is 16.7. The number of unbranched alkanes of at least 4 members (excludes halogenated alkanes) is 5. The molecule has 194 valence electrons. The van der Waals surface area contributed by atoms with Crippen LogP contribution in [0.25, 0.3) is 5.69 Å². The summed E-state index contributed by atoms with van der Waals surface area (Å²) in [6.45, 7) is 11.3. The van der Waals surface area contributed by atoms with E-state index in [0.717, 1.165) is 36.2 Å². The summed E-state index contributed by atoms with van der Waals surface area (Å²) < 4.78 is 6.94. The SMILES string of the molecule is CCCCCCCCC(=O)N(CCOC)CC(=O)Nc1cc(C(C)(C)C)nn1-c1ccc(C)cc1. The zero-order chi connectivity index (χ0) is 25.8. The van der Waals surface area contributed by atoms with Crippen molar-refractivity contribution in [1.29, 1.82) is 0 Å². The van der Waals surface area contributed by atoms with Gasteiger partial charge in [-0.05, 0) is 25.5 Å². The minimum atomic E-state index is -0.244. The quantitative estimate of drug-likeness (QED) is 0.352. The Morgan fingerprint density at radius 1 is 1.06 bits per heavy atom. The van der Waals surface area contributed by atoms with Crippen molar-refractivity contribution in [2.45, 2.75) is 85.0 Å². The number of amides is 2. The molecule has 0 aliphatic carbocycles. The van der Waals surface area contributed by atoms with Crippen LogP contribution in [0.3, 0.4) is 0 Å². The molecule has 0 bridgehead atoms. The number of hydrogen-bond donors (Lipinski definition) is 1. The maximum Gasteiger partial charge on any atom is 0.245 e. The van der Waals surface area contributed by atoms with Gasteiger partial charge in [-0.3, -0.25) is 9.59 Å². The lowest BCUT2D eigenvalue weighted by Gasteiger charge is -2.22. The topological polar surface area (TPSA) is 76.5 Å². The van der Waals surface area contributed by atoms with E-state index >= 15 is 0 Å². The summed E-state index contributed by atoms with van der Waals surface area (Å²) in [5.41, 5.74) is 2.73. The van der Waals surface area contributed by atoms with Crippen molar-refractivity contribution >= 4 is 17.6 Å². The molecule has 0 radical (unpaired) electrons. The Balaban J connectivity index is 2.09. The van der Waals surface area contributed by atoms with Gasteiger partial charge in [0.25, 0.3) is 0 Å². The average Bonchev–Trinajstić information content (AvgIpc) is 3.23. The van der Waals surface area contributed by atoms with Crippen LogP contribution in [0, 0.1) is 6.92 Å². The second kappa shape index (κ2) is 14.0. The van der Waals surface area contributed by atoms with Gasteiger partial charge in [-0.2, -0.15) is 5.10 Å². The van der Waals surface area contributed by atoms with Crippen LogP contribution in [0.4, 0.5) is 5.82 Å². The van der Waals surface area contributed by atoms with E-state index in [2.05, 4.69) is 33.0 Å². The van der Waals surface area contributed by atoms with E-state index in [9.17, 15) is 9.59 Å². The van der Waals surface area contributed by atoms with Crippen LogP contribution < -0.4 is 5.32 Å². The van der Waals surface area contributed by atoms with Gasteiger partial charge in [0.15, 0.2) is 0 Å². The van der Waals surface area contributed by atoms with Gasteiger partial charge in [0.1, 0.15) is 5.82 Å². The molecule has 0 unspecified atom stereocenters. The summed E-state index contributed by atoms with van der Waals surface area (Å²) in [6.07, 6.45) is 7.16. The van der Waals surface area contributed by atoms with Crippen molar-refractivity contribution in [2.75, 3.05) is 32.1 Å². The Labute approximate surface area is 211 Å². The third-order valence-electron chi connectivity index (χ3n) is 6.02. The molecule has 1 heterocycles. The number of carbonyl (C=O) groups is 2. The number of nitrogens with one attached hydrogen (secondary N) is 1. The highest BCUT2D eigenvalue weighted by Gasteiger charge is 2.23. The van der Waals surface area contributed by atoms with Crippen molar-refractivity contribution < 1.29 is 14.3 Å². The standard InChI is InChI=1S/C28H44N4O3/c1-7-8-9-10-11-12-13-27(34)31(18-19-35-6)21-26(33)29-25-20-24(28(3,4)5)30-32(25)23-16-14-22(2)15-17-23/h14-17,20H,7-13,18-19,21H2,1-6H3,(H,29,33). The van der Waals surface area contributed by atoms with Crippen LogP contribution in [0.15, 0.2) is 30.3 Å². The highest BCUT2D eigenvalue weighted by Crippen LogP contribution is 2.26. The smallest absolute Gasteiger partial charge is 0.245 e. The summed E-state index contributed by atoms with van der Waals surface area (Å²) >= 11 is 0. The number of aromatic nitrogens is 2. The molecule has 35 heavy (non-hydrogen) atoms. The monoisotopic (exact) mass is 484 g/mol. The maximum absolute atomic E-state index is 13.0. The first kappa shape index (κ1) is 28.6. The van der Waals surface area contributed by atoms with E-state index in [1.165, 1.54) is 19.3 Å². The molecule has 1 aromatic carbocycles. The fourth-order valence-electron chi connectivity index (χ4n) is 3.78. The van der Waals surface area contributed by atoms with E-state index in [1.54, 1.807) is 16.7 Å². The summed E-state index contributed by atoms with van der Waals surface area (Å²) in [7, 11) is 1.60. The van der Waals surface area contributed by atoms with Crippen LogP contribution in [-0.4, -0.2) is 53.3 Å². The molecule has 7 nitrogen and oxygen atoms in total. The zero-order valence-corrected chi connectivity index (χ0v) is 22.5. The minimum absolute atomic E-state index is 0.00452. The van der Waals surface area contributed by atoms with Crippen LogP contribution in [-0.2, 0) is 19.7 Å². The molecule has 0 aliphatic heterocycles. The van der Waals surface area contributed by atoms with Crippen molar-refractivity contribution in [1.82, 2.24) is 14.7 Å². The summed E-state index contributed by atoms with van der Waals surface area (Å²) in [6, 6.07) is 9.92. The molecule has 2 aromatic rings. The highest BCUT2D eigenvalue weighted by atomic mass is 16.5. The van der Waals surface area contributed by atoms with E-state index in [-0.39, 0.29) is 23.8 Å². The van der Waals surface area contributed by atoms with Gasteiger partial charge >= 0.3 is 0 Å². The molecule has 7 heteroatoms. The average molecular weight is 485 g/mol. The number of ether oxygens (including phenoxy) is 1. The van der Waals surface area contributed by atoms with E-state index < -0.39 is 0 Å². The summed E-state index contributed by atoms with van der Waals surface area (Å²) in [5, 5.41) is 7.77. The van der Waals surface area contributed by atoms with Gasteiger partial charge in [-0.25, -0.2) is 4.68 Å². The first-order valence-electron chi connectivity index (χ1n) is 12.9. The molecular weight excluding hydrogens is 440 g/mol. The zero-order valence-electron chi connectivity index (χ0n) is 22.5. The maximum atomic E-state index is 13.0. The molecule has 1 aromatic heterocycles. The molecule has 0 fully saturated rings. The normalized spacial score (nSPS) is 11.5. The number of rotatable bonds is 14. The number of aryl methyl sites for hydroxylation is 1. The Morgan fingerprint density at radius 2 is 1.71 bits per heavy atom. The van der Waals surface area contributed by atoms with Gasteiger partial charge in [0.2, 0.25) is 11.8 Å². The van der Waals surface area contributed by atoms with Crippen LogP contribution in [0.1, 0.15) is 83.9 Å². The Morgan fingerprint density at radius 3 is 2.34 bits per heavy atom. The van der Waals surface area contributed by atoms with Crippen LogP contribution in [0.5, 0.6) is 0 Å². The number of hydrogen-bond acceptors (Lipinski definition) is 4. The Hall–Kier alpha value is -2.67. The van der Waals surface area contributed by atoms with Crippen molar-refractivity contribution in [3.05, 3.63) is 41.6 Å². The second-order valence-electron chi connectivity index (χ2n) is 10.3. The molecule has 0 saturated heterocycles. The lowest BCUT2D eigenvalue weighted by molar-refractivity contribution is -0.135. The third-order valence-corrected chi connectivity index (χ3v) is 6.02. The lowest BCUT2D eigenvalue weighted by Crippen LogP contribution is -2.40. The van der Waals surface area contributed by atoms with E-state index in [4.69, 9.17) is 9.84 Å². The van der Waals surface area contributed by atoms with Crippen molar-refractivity contribution in [3.63, 3.8) is 0 Å². The molecule has 1 N–H and O–H groups in total. The van der Waals surface area contributed by atoms with E-state index in [1.807, 2.05) is 37.3 Å².